The molecular formula is C58H105O11P. The number of rotatable bonds is 53. The van der Waals surface area contributed by atoms with Crippen molar-refractivity contribution >= 4 is 25.7 Å². The van der Waals surface area contributed by atoms with Gasteiger partial charge < -0.3 is 24.2 Å². The number of aliphatic hydroxyl groups is 1. The van der Waals surface area contributed by atoms with Crippen LogP contribution in [-0.2, 0) is 42.2 Å². The first-order chi connectivity index (χ1) is 34.2. The van der Waals surface area contributed by atoms with Gasteiger partial charge in [0.05, 0.1) is 19.8 Å². The molecule has 0 aromatic rings. The van der Waals surface area contributed by atoms with E-state index in [4.69, 9.17) is 23.3 Å². The van der Waals surface area contributed by atoms with E-state index in [1.54, 1.807) is 0 Å². The van der Waals surface area contributed by atoms with E-state index in [1.807, 2.05) is 0 Å². The highest BCUT2D eigenvalue weighted by molar-refractivity contribution is 7.47. The first-order valence-corrected chi connectivity index (χ1v) is 30.0. The first-order valence-electron chi connectivity index (χ1n) is 28.5. The maximum absolute atomic E-state index is 12.9. The number of allylic oxidation sites excluding steroid dienone is 8. The van der Waals surface area contributed by atoms with Gasteiger partial charge in [0.1, 0.15) is 12.7 Å². The van der Waals surface area contributed by atoms with Crippen LogP contribution in [0.15, 0.2) is 48.6 Å². The molecule has 2 N–H and O–H groups in total. The molecule has 0 aliphatic rings. The average molecular weight is 1010 g/mol. The second-order valence-electron chi connectivity index (χ2n) is 19.1. The van der Waals surface area contributed by atoms with Crippen molar-refractivity contribution < 1.29 is 52.2 Å². The average Bonchev–Trinajstić information content (AvgIpc) is 3.35. The van der Waals surface area contributed by atoms with Crippen LogP contribution in [0.1, 0.15) is 265 Å². The Labute approximate surface area is 428 Å². The van der Waals surface area contributed by atoms with Crippen LogP contribution < -0.4 is 0 Å². The van der Waals surface area contributed by atoms with Crippen LogP contribution in [-0.4, -0.2) is 66.5 Å². The number of carbonyl (C=O) groups is 3. The van der Waals surface area contributed by atoms with Crippen molar-refractivity contribution in [3.05, 3.63) is 48.6 Å². The molecular weight excluding hydrogens is 904 g/mol. The van der Waals surface area contributed by atoms with Gasteiger partial charge in [-0.2, -0.15) is 0 Å². The summed E-state index contributed by atoms with van der Waals surface area (Å²) in [5.41, 5.74) is 0. The summed E-state index contributed by atoms with van der Waals surface area (Å²) < 4.78 is 39.5. The Morgan fingerprint density at radius 3 is 1.20 bits per heavy atom. The highest BCUT2D eigenvalue weighted by Crippen LogP contribution is 2.43. The largest absolute Gasteiger partial charge is 0.472 e. The number of ether oxygens (including phenoxy) is 3. The maximum Gasteiger partial charge on any atom is 0.472 e. The van der Waals surface area contributed by atoms with Crippen LogP contribution in [0.3, 0.4) is 0 Å². The number of unbranched alkanes of at least 4 members (excludes halogenated alkanes) is 28. The summed E-state index contributed by atoms with van der Waals surface area (Å²) in [6, 6.07) is 0. The molecule has 3 atom stereocenters. The molecule has 0 saturated carbocycles. The number of phosphoric ester groups is 1. The van der Waals surface area contributed by atoms with E-state index in [-0.39, 0.29) is 25.9 Å². The molecule has 0 aromatic heterocycles. The number of esters is 3. The fourth-order valence-corrected chi connectivity index (χ4v) is 8.67. The molecule has 408 valence electrons. The van der Waals surface area contributed by atoms with Gasteiger partial charge in [-0.05, 0) is 70.6 Å². The second-order valence-corrected chi connectivity index (χ2v) is 20.5. The van der Waals surface area contributed by atoms with E-state index in [2.05, 4.69) is 69.4 Å². The zero-order valence-corrected chi connectivity index (χ0v) is 45.9. The Morgan fingerprint density at radius 1 is 0.414 bits per heavy atom. The molecule has 0 spiro atoms. The van der Waals surface area contributed by atoms with Crippen LogP contribution in [0, 0.1) is 0 Å². The molecule has 0 fully saturated rings. The normalized spacial score (nSPS) is 13.7. The highest BCUT2D eigenvalue weighted by atomic mass is 31.2. The lowest BCUT2D eigenvalue weighted by Crippen LogP contribution is -2.30. The molecule has 0 amide bonds. The highest BCUT2D eigenvalue weighted by Gasteiger charge is 2.28. The summed E-state index contributed by atoms with van der Waals surface area (Å²) in [5.74, 6) is -1.47. The molecule has 0 bridgehead atoms. The Balaban J connectivity index is 4.68. The maximum atomic E-state index is 12.9. The summed E-state index contributed by atoms with van der Waals surface area (Å²) in [6.07, 6.45) is 55.0. The van der Waals surface area contributed by atoms with Gasteiger partial charge in [-0.1, -0.05) is 223 Å². The summed E-state index contributed by atoms with van der Waals surface area (Å²) in [5, 5.41) is 9.81. The summed E-state index contributed by atoms with van der Waals surface area (Å²) >= 11 is 0. The summed E-state index contributed by atoms with van der Waals surface area (Å²) in [7, 11) is -4.75. The van der Waals surface area contributed by atoms with E-state index < -0.39 is 57.8 Å². The number of phosphoric acid groups is 1. The number of carbonyl (C=O) groups excluding carboxylic acids is 3. The lowest BCUT2D eigenvalue weighted by Gasteiger charge is -2.21. The van der Waals surface area contributed by atoms with Crippen molar-refractivity contribution in [1.82, 2.24) is 0 Å². The van der Waals surface area contributed by atoms with E-state index >= 15 is 0 Å². The standard InChI is InChI=1S/C58H105O11P/c1-4-7-10-13-16-19-22-24-26-27-29-31-34-37-40-43-46-49-58(62)69-55(51-65-56(60)47-44-41-38-35-32-21-18-15-12-9-6-3)53-67-70(63,64)66-52-54(50-59)68-57(61)48-45-42-39-36-33-30-28-25-23-20-17-14-11-8-5-2/h7,10,15-16,18-19,24,26,54-55,59H,4-6,8-9,11-14,17,20-23,25,27-53H2,1-3H3,(H,63,64)/b10-7-,18-15-,19-16-,26-24-. The van der Waals surface area contributed by atoms with E-state index in [9.17, 15) is 28.9 Å². The minimum atomic E-state index is -4.75. The van der Waals surface area contributed by atoms with Crippen molar-refractivity contribution in [3.63, 3.8) is 0 Å². The fourth-order valence-electron chi connectivity index (χ4n) is 7.88. The van der Waals surface area contributed by atoms with E-state index in [0.29, 0.717) is 19.3 Å². The molecule has 12 heteroatoms. The number of hydrogen-bond donors (Lipinski definition) is 2. The van der Waals surface area contributed by atoms with Crippen LogP contribution in [0.4, 0.5) is 0 Å². The van der Waals surface area contributed by atoms with Gasteiger partial charge in [-0.25, -0.2) is 4.57 Å². The quantitative estimate of drug-likeness (QED) is 0.0197. The summed E-state index contributed by atoms with van der Waals surface area (Å²) in [6.45, 7) is 4.50. The zero-order chi connectivity index (χ0) is 51.3. The van der Waals surface area contributed by atoms with Gasteiger partial charge in [0, 0.05) is 19.3 Å². The number of aliphatic hydroxyl groups excluding tert-OH is 1. The fraction of sp³-hybridized carbons (Fsp3) is 0.810. The Bertz CT molecular complexity index is 1360. The third-order valence-corrected chi connectivity index (χ3v) is 13.2. The van der Waals surface area contributed by atoms with Crippen molar-refractivity contribution in [3.8, 4) is 0 Å². The molecule has 0 aliphatic carbocycles. The van der Waals surface area contributed by atoms with Gasteiger partial charge >= 0.3 is 25.7 Å². The van der Waals surface area contributed by atoms with E-state index in [0.717, 1.165) is 116 Å². The molecule has 0 saturated heterocycles. The predicted octanol–water partition coefficient (Wildman–Crippen LogP) is 16.6. The minimum absolute atomic E-state index is 0.156. The second kappa shape index (κ2) is 52.8. The Hall–Kier alpha value is -2.56. The van der Waals surface area contributed by atoms with Gasteiger partial charge in [-0.15, -0.1) is 0 Å². The van der Waals surface area contributed by atoms with Gasteiger partial charge in [-0.3, -0.25) is 23.4 Å². The monoisotopic (exact) mass is 1010 g/mol. The molecule has 0 heterocycles. The molecule has 0 radical (unpaired) electrons. The summed E-state index contributed by atoms with van der Waals surface area (Å²) in [4.78, 5) is 48.4. The van der Waals surface area contributed by atoms with Gasteiger partial charge in [0.25, 0.3) is 0 Å². The molecule has 0 aliphatic heterocycles. The van der Waals surface area contributed by atoms with Crippen LogP contribution in [0.5, 0.6) is 0 Å². The lowest BCUT2D eigenvalue weighted by molar-refractivity contribution is -0.161. The van der Waals surface area contributed by atoms with E-state index in [1.165, 1.54) is 89.9 Å². The molecule has 0 aromatic carbocycles. The Morgan fingerprint density at radius 2 is 0.757 bits per heavy atom. The van der Waals surface area contributed by atoms with Crippen molar-refractivity contribution in [2.45, 2.75) is 277 Å². The number of hydrogen-bond acceptors (Lipinski definition) is 10. The third-order valence-electron chi connectivity index (χ3n) is 12.2. The van der Waals surface area contributed by atoms with Crippen LogP contribution in [0.2, 0.25) is 0 Å². The van der Waals surface area contributed by atoms with Crippen molar-refractivity contribution in [2.75, 3.05) is 26.4 Å². The van der Waals surface area contributed by atoms with Gasteiger partial charge in [0.15, 0.2) is 6.10 Å². The molecule has 3 unspecified atom stereocenters. The Kier molecular flexibility index (Phi) is 50.8. The van der Waals surface area contributed by atoms with Crippen molar-refractivity contribution in [1.29, 1.82) is 0 Å². The lowest BCUT2D eigenvalue weighted by atomic mass is 10.0. The van der Waals surface area contributed by atoms with Gasteiger partial charge in [0.2, 0.25) is 0 Å². The molecule has 0 rings (SSSR count). The SMILES string of the molecule is CC/C=C\C/C=C\C/C=C\CCCCCCCCCC(=O)OC(COC(=O)CCCCCCC/C=C\CCCC)COP(=O)(O)OCC(CO)OC(=O)CCCCCCCCCCCCCCCCC. The first kappa shape index (κ1) is 67.4. The van der Waals surface area contributed by atoms with Crippen LogP contribution in [0.25, 0.3) is 0 Å². The zero-order valence-electron chi connectivity index (χ0n) is 45.0. The third kappa shape index (κ3) is 50.4. The molecule has 70 heavy (non-hydrogen) atoms. The smallest absolute Gasteiger partial charge is 0.462 e. The molecule has 11 nitrogen and oxygen atoms in total. The van der Waals surface area contributed by atoms with Crippen molar-refractivity contribution in [2.24, 2.45) is 0 Å². The van der Waals surface area contributed by atoms with Crippen LogP contribution >= 0.6 is 7.82 Å². The topological polar surface area (TPSA) is 155 Å². The minimum Gasteiger partial charge on any atom is -0.462 e. The predicted molar refractivity (Wildman–Crippen MR) is 289 cm³/mol.